The molecule has 0 saturated carbocycles. The minimum Gasteiger partial charge on any atom is -0.475 e. The van der Waals surface area contributed by atoms with Gasteiger partial charge in [-0.15, -0.1) is 0 Å². The monoisotopic (exact) mass is 471 g/mol. The Morgan fingerprint density at radius 1 is 1.12 bits per heavy atom. The molecule has 1 rings (SSSR count). The molecule has 190 valence electrons. The quantitative estimate of drug-likeness (QED) is 0.435. The van der Waals surface area contributed by atoms with Crippen LogP contribution >= 0.6 is 0 Å². The van der Waals surface area contributed by atoms with Gasteiger partial charge in [-0.1, -0.05) is 59.8 Å². The third kappa shape index (κ3) is 12.6. The number of alkyl halides is 3. The van der Waals surface area contributed by atoms with Crippen molar-refractivity contribution in [1.29, 1.82) is 0 Å². The first-order valence-corrected chi connectivity index (χ1v) is 11.2. The highest BCUT2D eigenvalue weighted by Crippen LogP contribution is 2.29. The molecule has 3 N–H and O–H groups in total. The van der Waals surface area contributed by atoms with Gasteiger partial charge < -0.3 is 25.1 Å². The van der Waals surface area contributed by atoms with Gasteiger partial charge in [-0.3, -0.25) is 4.79 Å². The highest BCUT2D eigenvalue weighted by atomic mass is 19.4. The minimum atomic E-state index is -5.08. The molecular formula is C22H40F3NO6. The average molecular weight is 472 g/mol. The van der Waals surface area contributed by atoms with E-state index in [0.717, 1.165) is 24.7 Å². The molecule has 1 unspecified atom stereocenters. The third-order valence-electron chi connectivity index (χ3n) is 5.44. The second-order valence-electron chi connectivity index (χ2n) is 8.87. The lowest BCUT2D eigenvalue weighted by atomic mass is 9.89. The fourth-order valence-corrected chi connectivity index (χ4v) is 3.64. The van der Waals surface area contributed by atoms with Crippen LogP contribution in [-0.2, 0) is 23.8 Å². The molecule has 0 aromatic heterocycles. The number of hydrogen-bond acceptors (Lipinski definition) is 6. The van der Waals surface area contributed by atoms with Gasteiger partial charge in [-0.2, -0.15) is 13.2 Å². The second-order valence-corrected chi connectivity index (χ2v) is 8.87. The Balaban J connectivity index is 0.00000118. The molecule has 10 heteroatoms. The number of carbonyl (C=O) groups is 2. The average Bonchev–Trinajstić information content (AvgIpc) is 2.69. The van der Waals surface area contributed by atoms with E-state index in [1.807, 2.05) is 0 Å². The molecule has 0 bridgehead atoms. The molecule has 0 aromatic rings. The summed E-state index contributed by atoms with van der Waals surface area (Å²) in [5.74, 6) is -1.44. The number of carboxylic acid groups (broad SMARTS) is 1. The summed E-state index contributed by atoms with van der Waals surface area (Å²) in [5.41, 5.74) is 5.41. The van der Waals surface area contributed by atoms with Crippen molar-refractivity contribution in [3.63, 3.8) is 0 Å². The van der Waals surface area contributed by atoms with Crippen molar-refractivity contribution in [2.24, 2.45) is 23.5 Å². The highest BCUT2D eigenvalue weighted by Gasteiger charge is 2.41. The van der Waals surface area contributed by atoms with E-state index in [1.54, 1.807) is 7.11 Å². The van der Waals surface area contributed by atoms with Crippen LogP contribution in [-0.4, -0.2) is 61.8 Å². The van der Waals surface area contributed by atoms with Gasteiger partial charge >= 0.3 is 18.1 Å². The van der Waals surface area contributed by atoms with E-state index >= 15 is 0 Å². The summed E-state index contributed by atoms with van der Waals surface area (Å²) in [5, 5.41) is 7.12. The Kier molecular flexibility index (Phi) is 14.8. The van der Waals surface area contributed by atoms with E-state index in [0.29, 0.717) is 6.61 Å². The molecule has 0 amide bonds. The van der Waals surface area contributed by atoms with E-state index in [4.69, 9.17) is 29.8 Å². The van der Waals surface area contributed by atoms with Crippen LogP contribution in [0.3, 0.4) is 0 Å². The number of carboxylic acids is 1. The van der Waals surface area contributed by atoms with E-state index in [2.05, 4.69) is 27.7 Å². The standard InChI is InChI=1S/C20H39NO4.C2HF3O2/c1-14(2)8-6-9-15(3)10-7-11-17-20(25-18(22)12-21)19(23-5)16(4)13-24-17;3-2(4,5)1(6)7/h14-17,19-20H,6-13,21H2,1-5H3;(H,6,7)/t15?,16-,17-,19-,20+;/m0./s1. The van der Waals surface area contributed by atoms with Crippen LogP contribution in [0.2, 0.25) is 0 Å². The van der Waals surface area contributed by atoms with Crippen LogP contribution < -0.4 is 5.73 Å². The van der Waals surface area contributed by atoms with Crippen molar-refractivity contribution < 1.29 is 42.1 Å². The van der Waals surface area contributed by atoms with Crippen molar-refractivity contribution >= 4 is 11.9 Å². The van der Waals surface area contributed by atoms with Gasteiger partial charge in [0.1, 0.15) is 6.10 Å². The van der Waals surface area contributed by atoms with Gasteiger partial charge in [-0.05, 0) is 18.3 Å². The summed E-state index contributed by atoms with van der Waals surface area (Å²) in [4.78, 5) is 20.6. The van der Waals surface area contributed by atoms with Crippen LogP contribution in [0.1, 0.15) is 66.2 Å². The van der Waals surface area contributed by atoms with Crippen LogP contribution in [0, 0.1) is 17.8 Å². The Hall–Kier alpha value is -1.39. The Morgan fingerprint density at radius 2 is 1.69 bits per heavy atom. The smallest absolute Gasteiger partial charge is 0.475 e. The number of ether oxygens (including phenoxy) is 3. The van der Waals surface area contributed by atoms with Crippen molar-refractivity contribution in [2.75, 3.05) is 20.3 Å². The van der Waals surface area contributed by atoms with Gasteiger partial charge in [-0.25, -0.2) is 4.79 Å². The van der Waals surface area contributed by atoms with Gasteiger partial charge in [0, 0.05) is 13.0 Å². The van der Waals surface area contributed by atoms with Crippen molar-refractivity contribution in [2.45, 2.75) is 90.7 Å². The van der Waals surface area contributed by atoms with Crippen LogP contribution in [0.25, 0.3) is 0 Å². The Morgan fingerprint density at radius 3 is 2.16 bits per heavy atom. The molecule has 0 radical (unpaired) electrons. The summed E-state index contributed by atoms with van der Waals surface area (Å²) in [7, 11) is 1.67. The topological polar surface area (TPSA) is 108 Å². The molecule has 1 aliphatic heterocycles. The summed E-state index contributed by atoms with van der Waals surface area (Å²) < 4.78 is 48.9. The largest absolute Gasteiger partial charge is 0.490 e. The minimum absolute atomic E-state index is 0.0977. The van der Waals surface area contributed by atoms with Crippen LogP contribution in [0.4, 0.5) is 13.2 Å². The van der Waals surface area contributed by atoms with Crippen LogP contribution in [0.5, 0.6) is 0 Å². The third-order valence-corrected chi connectivity index (χ3v) is 5.44. The lowest BCUT2D eigenvalue weighted by molar-refractivity contribution is -0.199. The van der Waals surface area contributed by atoms with Gasteiger partial charge in [0.05, 0.1) is 19.3 Å². The normalized spacial score (nSPS) is 24.4. The van der Waals surface area contributed by atoms with E-state index < -0.39 is 18.1 Å². The first kappa shape index (κ1) is 30.6. The maximum Gasteiger partial charge on any atom is 0.490 e. The van der Waals surface area contributed by atoms with Gasteiger partial charge in [0.15, 0.2) is 6.10 Å². The molecule has 7 nitrogen and oxygen atoms in total. The molecule has 0 aliphatic carbocycles. The fraction of sp³-hybridized carbons (Fsp3) is 0.909. The van der Waals surface area contributed by atoms with E-state index in [1.165, 1.54) is 25.7 Å². The zero-order valence-electron chi connectivity index (χ0n) is 19.8. The number of rotatable bonds is 11. The van der Waals surface area contributed by atoms with Gasteiger partial charge in [0.2, 0.25) is 0 Å². The summed E-state index contributed by atoms with van der Waals surface area (Å²) in [6.45, 7) is 9.48. The second kappa shape index (κ2) is 15.4. The number of aliphatic carboxylic acids is 1. The van der Waals surface area contributed by atoms with Gasteiger partial charge in [0.25, 0.3) is 0 Å². The predicted molar refractivity (Wildman–Crippen MR) is 114 cm³/mol. The molecule has 0 aromatic carbocycles. The zero-order chi connectivity index (χ0) is 24.9. The van der Waals surface area contributed by atoms with E-state index in [-0.39, 0.29) is 30.8 Å². The lowest BCUT2D eigenvalue weighted by Crippen LogP contribution is -2.52. The first-order valence-electron chi connectivity index (χ1n) is 11.2. The molecule has 1 saturated heterocycles. The molecule has 0 spiro atoms. The predicted octanol–water partition coefficient (Wildman–Crippen LogP) is 4.17. The maximum atomic E-state index is 11.7. The van der Waals surface area contributed by atoms with Crippen molar-refractivity contribution in [3.8, 4) is 0 Å². The maximum absolute atomic E-state index is 11.7. The van der Waals surface area contributed by atoms with E-state index in [9.17, 15) is 18.0 Å². The summed E-state index contributed by atoms with van der Waals surface area (Å²) in [6, 6.07) is 0. The van der Waals surface area contributed by atoms with Crippen molar-refractivity contribution in [3.05, 3.63) is 0 Å². The number of methoxy groups -OCH3 is 1. The molecule has 1 aliphatic rings. The lowest BCUT2D eigenvalue weighted by Gasteiger charge is -2.40. The first-order chi connectivity index (χ1) is 14.8. The number of nitrogens with two attached hydrogens (primary N) is 1. The SMILES string of the molecule is CO[C@@H]1[C@H](OC(=O)CN)[C@H](CCCC(C)CCCC(C)C)OC[C@@H]1C.O=C(O)C(F)(F)F. The summed E-state index contributed by atoms with van der Waals surface area (Å²) >= 11 is 0. The fourth-order valence-electron chi connectivity index (χ4n) is 3.64. The number of esters is 1. The number of carbonyl (C=O) groups excluding carboxylic acids is 1. The zero-order valence-corrected chi connectivity index (χ0v) is 19.8. The molecule has 1 heterocycles. The van der Waals surface area contributed by atoms with Crippen molar-refractivity contribution in [1.82, 2.24) is 0 Å². The Labute approximate surface area is 189 Å². The molecule has 5 atom stereocenters. The molecule has 1 fully saturated rings. The van der Waals surface area contributed by atoms with Crippen LogP contribution in [0.15, 0.2) is 0 Å². The number of halogens is 3. The number of hydrogen-bond donors (Lipinski definition) is 2. The highest BCUT2D eigenvalue weighted by molar-refractivity contribution is 5.73. The molecule has 32 heavy (non-hydrogen) atoms. The Bertz CT molecular complexity index is 544. The summed E-state index contributed by atoms with van der Waals surface area (Å²) in [6.07, 6.45) is 1.38. The molecular weight excluding hydrogens is 431 g/mol.